The number of carbonyl (C=O) groups excluding carboxylic acids is 1. The highest BCUT2D eigenvalue weighted by Gasteiger charge is 2.27. The maximum Gasteiger partial charge on any atom is 0.338 e. The lowest BCUT2D eigenvalue weighted by Gasteiger charge is -2.26. The molecule has 1 aliphatic carbocycles. The SMILES string of the molecule is O=C(OC1CCc2ccc(N=CN3CCc4ccccc4C3)cc21)c1ccc(Cl)c(Cl)c1. The van der Waals surface area contributed by atoms with Crippen molar-refractivity contribution in [1.82, 2.24) is 4.90 Å². The lowest BCUT2D eigenvalue weighted by molar-refractivity contribution is 0.0301. The van der Waals surface area contributed by atoms with Gasteiger partial charge in [-0.15, -0.1) is 0 Å². The van der Waals surface area contributed by atoms with Crippen LogP contribution in [0.3, 0.4) is 0 Å². The van der Waals surface area contributed by atoms with Gasteiger partial charge in [0.25, 0.3) is 0 Å². The van der Waals surface area contributed by atoms with Gasteiger partial charge >= 0.3 is 5.97 Å². The van der Waals surface area contributed by atoms with Crippen molar-refractivity contribution in [2.75, 3.05) is 6.54 Å². The van der Waals surface area contributed by atoms with E-state index < -0.39 is 5.97 Å². The van der Waals surface area contributed by atoms with Gasteiger partial charge in [-0.1, -0.05) is 53.5 Å². The molecule has 1 unspecified atom stereocenters. The molecule has 0 spiro atoms. The van der Waals surface area contributed by atoms with Crippen LogP contribution >= 0.6 is 23.2 Å². The third-order valence-electron chi connectivity index (χ3n) is 6.09. The molecule has 162 valence electrons. The van der Waals surface area contributed by atoms with Crippen molar-refractivity contribution in [2.24, 2.45) is 4.99 Å². The summed E-state index contributed by atoms with van der Waals surface area (Å²) in [6, 6.07) is 19.5. The first-order chi connectivity index (χ1) is 15.6. The molecule has 1 atom stereocenters. The number of carbonyl (C=O) groups is 1. The lowest BCUT2D eigenvalue weighted by atomic mass is 10.0. The Morgan fingerprint density at radius 2 is 1.81 bits per heavy atom. The van der Waals surface area contributed by atoms with Crippen LogP contribution in [0.15, 0.2) is 65.7 Å². The summed E-state index contributed by atoms with van der Waals surface area (Å²) < 4.78 is 5.80. The summed E-state index contributed by atoms with van der Waals surface area (Å²) in [5.41, 5.74) is 6.25. The van der Waals surface area contributed by atoms with Crippen LogP contribution in [0.25, 0.3) is 0 Å². The molecule has 0 saturated carbocycles. The summed E-state index contributed by atoms with van der Waals surface area (Å²) in [4.78, 5) is 19.6. The fourth-order valence-corrected chi connectivity index (χ4v) is 4.64. The van der Waals surface area contributed by atoms with Crippen molar-refractivity contribution in [3.63, 3.8) is 0 Å². The molecule has 0 amide bonds. The molecular formula is C26H22Cl2N2O2. The van der Waals surface area contributed by atoms with Crippen LogP contribution in [0.2, 0.25) is 10.0 Å². The first-order valence-corrected chi connectivity index (χ1v) is 11.5. The molecule has 1 heterocycles. The molecule has 3 aromatic rings. The van der Waals surface area contributed by atoms with Crippen LogP contribution < -0.4 is 0 Å². The number of aryl methyl sites for hydroxylation is 1. The number of hydrogen-bond acceptors (Lipinski definition) is 3. The molecule has 1 aliphatic heterocycles. The van der Waals surface area contributed by atoms with Gasteiger partial charge in [-0.05, 0) is 71.8 Å². The van der Waals surface area contributed by atoms with E-state index >= 15 is 0 Å². The van der Waals surface area contributed by atoms with Crippen molar-refractivity contribution < 1.29 is 9.53 Å². The van der Waals surface area contributed by atoms with E-state index in [9.17, 15) is 4.79 Å². The number of aliphatic imine (C=N–C) groups is 1. The first kappa shape index (κ1) is 21.0. The maximum absolute atomic E-state index is 12.6. The quantitative estimate of drug-likeness (QED) is 0.249. The van der Waals surface area contributed by atoms with E-state index in [1.165, 1.54) is 16.7 Å². The van der Waals surface area contributed by atoms with Crippen molar-refractivity contribution >= 4 is 41.2 Å². The molecule has 0 saturated heterocycles. The average Bonchev–Trinajstić information content (AvgIpc) is 3.21. The standard InChI is InChI=1S/C26H22Cl2N2O2/c27-23-9-6-19(13-24(23)28)26(31)32-25-10-7-18-5-8-21(14-22(18)25)29-16-30-12-11-17-3-1-2-4-20(17)15-30/h1-6,8-9,13-14,16,25H,7,10-12,15H2. The van der Waals surface area contributed by atoms with Gasteiger partial charge < -0.3 is 9.64 Å². The molecule has 4 nitrogen and oxygen atoms in total. The summed E-state index contributed by atoms with van der Waals surface area (Å²) in [5.74, 6) is -0.401. The molecule has 6 heteroatoms. The molecule has 5 rings (SSSR count). The zero-order chi connectivity index (χ0) is 22.1. The molecule has 0 N–H and O–H groups in total. The van der Waals surface area contributed by atoms with Crippen LogP contribution in [0.4, 0.5) is 5.69 Å². The second-order valence-corrected chi connectivity index (χ2v) is 8.99. The second-order valence-electron chi connectivity index (χ2n) is 8.18. The Labute approximate surface area is 197 Å². The normalized spacial score (nSPS) is 17.3. The number of benzene rings is 3. The molecule has 32 heavy (non-hydrogen) atoms. The highest BCUT2D eigenvalue weighted by molar-refractivity contribution is 6.42. The van der Waals surface area contributed by atoms with Crippen molar-refractivity contribution in [2.45, 2.75) is 31.9 Å². The largest absolute Gasteiger partial charge is 0.454 e. The summed E-state index contributed by atoms with van der Waals surface area (Å²) >= 11 is 12.0. The molecule has 0 radical (unpaired) electrons. The van der Waals surface area contributed by atoms with Gasteiger partial charge in [-0.25, -0.2) is 9.79 Å². The molecule has 2 aliphatic rings. The fourth-order valence-electron chi connectivity index (χ4n) is 4.34. The highest BCUT2D eigenvalue weighted by atomic mass is 35.5. The molecule has 0 fully saturated rings. The first-order valence-electron chi connectivity index (χ1n) is 10.7. The van der Waals surface area contributed by atoms with E-state index in [1.807, 2.05) is 18.5 Å². The van der Waals surface area contributed by atoms with Gasteiger partial charge in [-0.3, -0.25) is 0 Å². The van der Waals surface area contributed by atoms with E-state index in [0.29, 0.717) is 15.6 Å². The van der Waals surface area contributed by atoms with Gasteiger partial charge in [0.2, 0.25) is 0 Å². The van der Waals surface area contributed by atoms with Gasteiger partial charge in [0, 0.05) is 13.1 Å². The fraction of sp³-hybridized carbons (Fsp3) is 0.231. The third-order valence-corrected chi connectivity index (χ3v) is 6.83. The smallest absolute Gasteiger partial charge is 0.338 e. The summed E-state index contributed by atoms with van der Waals surface area (Å²) in [6.07, 6.45) is 4.30. The van der Waals surface area contributed by atoms with Crippen molar-refractivity contribution in [3.8, 4) is 0 Å². The Balaban J connectivity index is 1.29. The van der Waals surface area contributed by atoms with E-state index in [0.717, 1.165) is 43.6 Å². The van der Waals surface area contributed by atoms with Crippen LogP contribution in [0.5, 0.6) is 0 Å². The van der Waals surface area contributed by atoms with Crippen LogP contribution in [0.1, 0.15) is 45.1 Å². The highest BCUT2D eigenvalue weighted by Crippen LogP contribution is 2.37. The Hall–Kier alpha value is -2.82. The van der Waals surface area contributed by atoms with E-state index in [4.69, 9.17) is 32.9 Å². The minimum atomic E-state index is -0.401. The number of fused-ring (bicyclic) bond motifs is 2. The number of halogens is 2. The number of esters is 1. The lowest BCUT2D eigenvalue weighted by Crippen LogP contribution is -2.29. The number of hydrogen-bond donors (Lipinski definition) is 0. The van der Waals surface area contributed by atoms with Crippen molar-refractivity contribution in [3.05, 3.63) is 98.5 Å². The van der Waals surface area contributed by atoms with Gasteiger partial charge in [0.1, 0.15) is 6.10 Å². The van der Waals surface area contributed by atoms with Crippen molar-refractivity contribution in [1.29, 1.82) is 0 Å². The Morgan fingerprint density at radius 3 is 2.66 bits per heavy atom. The Bertz CT molecular complexity index is 1210. The van der Waals surface area contributed by atoms with Crippen LogP contribution in [0, 0.1) is 0 Å². The monoisotopic (exact) mass is 464 g/mol. The van der Waals surface area contributed by atoms with Gasteiger partial charge in [0.15, 0.2) is 0 Å². The zero-order valence-corrected chi connectivity index (χ0v) is 18.9. The number of rotatable bonds is 4. The summed E-state index contributed by atoms with van der Waals surface area (Å²) in [7, 11) is 0. The van der Waals surface area contributed by atoms with E-state index in [-0.39, 0.29) is 6.10 Å². The topological polar surface area (TPSA) is 41.9 Å². The van der Waals surface area contributed by atoms with E-state index in [2.05, 4.69) is 35.2 Å². The van der Waals surface area contributed by atoms with E-state index in [1.54, 1.807) is 18.2 Å². The predicted molar refractivity (Wildman–Crippen MR) is 128 cm³/mol. The average molecular weight is 465 g/mol. The predicted octanol–water partition coefficient (Wildman–Crippen LogP) is 6.56. The molecule has 0 bridgehead atoms. The second kappa shape index (κ2) is 8.97. The summed E-state index contributed by atoms with van der Waals surface area (Å²) in [5, 5.41) is 0.749. The number of ether oxygens (including phenoxy) is 1. The minimum Gasteiger partial charge on any atom is -0.454 e. The Kier molecular flexibility index (Phi) is 5.90. The molecule has 3 aromatic carbocycles. The van der Waals surface area contributed by atoms with Crippen LogP contribution in [-0.2, 0) is 24.1 Å². The number of nitrogens with zero attached hydrogens (tertiary/aromatic N) is 2. The summed E-state index contributed by atoms with van der Waals surface area (Å²) in [6.45, 7) is 1.82. The third kappa shape index (κ3) is 4.38. The molecule has 0 aromatic heterocycles. The maximum atomic E-state index is 12.6. The molecular weight excluding hydrogens is 443 g/mol. The zero-order valence-electron chi connectivity index (χ0n) is 17.4. The minimum absolute atomic E-state index is 0.288. The van der Waals surface area contributed by atoms with Gasteiger partial charge in [-0.2, -0.15) is 0 Å². The Morgan fingerprint density at radius 1 is 0.969 bits per heavy atom. The van der Waals surface area contributed by atoms with Gasteiger partial charge in [0.05, 0.1) is 27.6 Å². The van der Waals surface area contributed by atoms with Crippen LogP contribution in [-0.4, -0.2) is 23.8 Å².